The van der Waals surface area contributed by atoms with Crippen molar-refractivity contribution in [3.05, 3.63) is 24.5 Å². The van der Waals surface area contributed by atoms with Gasteiger partial charge in [0.15, 0.2) is 12.4 Å². The van der Waals surface area contributed by atoms with Crippen molar-refractivity contribution in [3.63, 3.8) is 0 Å². The number of nitrogen functional groups attached to an aromatic ring is 1. The molecule has 4 bridgehead atoms. The number of nitrogens with zero attached hydrogens (tertiary/aromatic N) is 1. The molecule has 3 heteroatoms. The van der Waals surface area contributed by atoms with Gasteiger partial charge in [0.05, 0.1) is 0 Å². The van der Waals surface area contributed by atoms with Gasteiger partial charge in [-0.15, -0.1) is 0 Å². The lowest BCUT2D eigenvalue weighted by molar-refractivity contribution is -0.684. The van der Waals surface area contributed by atoms with Gasteiger partial charge in [-0.3, -0.25) is 4.79 Å². The van der Waals surface area contributed by atoms with E-state index in [2.05, 4.69) is 0 Å². The van der Waals surface area contributed by atoms with Crippen molar-refractivity contribution in [1.82, 2.24) is 0 Å². The average molecular weight is 271 g/mol. The Bertz CT molecular complexity index is 499. The number of pyridine rings is 1. The van der Waals surface area contributed by atoms with E-state index in [-0.39, 0.29) is 5.41 Å². The lowest BCUT2D eigenvalue weighted by Crippen LogP contribution is -2.53. The fourth-order valence-corrected chi connectivity index (χ4v) is 5.36. The highest BCUT2D eigenvalue weighted by Gasteiger charge is 2.54. The molecule has 20 heavy (non-hydrogen) atoms. The number of ketones is 1. The minimum atomic E-state index is 0.0170. The Labute approximate surface area is 120 Å². The Kier molecular flexibility index (Phi) is 2.66. The summed E-state index contributed by atoms with van der Waals surface area (Å²) < 4.78 is 1.98. The van der Waals surface area contributed by atoms with Gasteiger partial charge in [-0.1, -0.05) is 0 Å². The van der Waals surface area contributed by atoms with Gasteiger partial charge in [0.2, 0.25) is 12.3 Å². The lowest BCUT2D eigenvalue weighted by Gasteiger charge is -2.55. The summed E-state index contributed by atoms with van der Waals surface area (Å²) in [6.45, 7) is 0.520. The summed E-state index contributed by atoms with van der Waals surface area (Å²) in [5, 5.41) is 0. The average Bonchev–Trinajstić information content (AvgIpc) is 2.40. The number of anilines is 1. The van der Waals surface area contributed by atoms with Gasteiger partial charge in [0.25, 0.3) is 0 Å². The number of aromatic nitrogens is 1. The van der Waals surface area contributed by atoms with Gasteiger partial charge < -0.3 is 5.73 Å². The summed E-state index contributed by atoms with van der Waals surface area (Å²) in [6, 6.07) is 3.74. The van der Waals surface area contributed by atoms with E-state index in [9.17, 15) is 4.79 Å². The topological polar surface area (TPSA) is 47.0 Å². The smallest absolute Gasteiger partial charge is 0.207 e. The molecule has 2 N–H and O–H groups in total. The number of carbonyl (C=O) groups excluding carboxylic acids is 1. The zero-order chi connectivity index (χ0) is 13.7. The van der Waals surface area contributed by atoms with E-state index in [1.54, 1.807) is 0 Å². The molecule has 0 unspecified atom stereocenters. The summed E-state index contributed by atoms with van der Waals surface area (Å²) >= 11 is 0. The predicted octanol–water partition coefficient (Wildman–Crippen LogP) is 2.34. The van der Waals surface area contributed by atoms with E-state index >= 15 is 0 Å². The van der Waals surface area contributed by atoms with Crippen LogP contribution in [0, 0.1) is 23.2 Å². The third-order valence-corrected chi connectivity index (χ3v) is 5.87. The molecule has 3 nitrogen and oxygen atoms in total. The van der Waals surface area contributed by atoms with Crippen molar-refractivity contribution in [2.75, 3.05) is 5.73 Å². The monoisotopic (exact) mass is 271 g/mol. The molecule has 4 saturated carbocycles. The van der Waals surface area contributed by atoms with Gasteiger partial charge >= 0.3 is 0 Å². The van der Waals surface area contributed by atoms with Crippen molar-refractivity contribution in [2.24, 2.45) is 23.2 Å². The predicted molar refractivity (Wildman–Crippen MR) is 76.7 cm³/mol. The maximum Gasteiger partial charge on any atom is 0.207 e. The third kappa shape index (κ3) is 1.95. The molecule has 1 aromatic heterocycles. The lowest BCUT2D eigenvalue weighted by atomic mass is 9.48. The summed E-state index contributed by atoms with van der Waals surface area (Å²) in [4.78, 5) is 12.9. The summed E-state index contributed by atoms with van der Waals surface area (Å²) in [6.07, 6.45) is 11.5. The SMILES string of the molecule is Nc1cc[n+](CC(=O)C23CC4CC(CC(C4)C2)C3)cc1. The molecule has 0 radical (unpaired) electrons. The fraction of sp³-hybridized carbons (Fsp3) is 0.647. The third-order valence-electron chi connectivity index (χ3n) is 5.87. The normalized spacial score (nSPS) is 38.1. The van der Waals surface area contributed by atoms with E-state index in [1.807, 2.05) is 29.1 Å². The molecule has 1 heterocycles. The zero-order valence-electron chi connectivity index (χ0n) is 11.9. The Morgan fingerprint density at radius 3 is 2.10 bits per heavy atom. The van der Waals surface area contributed by atoms with Crippen molar-refractivity contribution < 1.29 is 9.36 Å². The van der Waals surface area contributed by atoms with E-state index in [1.165, 1.54) is 19.3 Å². The Hall–Kier alpha value is -1.38. The molecule has 106 valence electrons. The number of rotatable bonds is 3. The first-order valence-corrected chi connectivity index (χ1v) is 7.91. The first-order chi connectivity index (χ1) is 9.63. The molecule has 4 aliphatic carbocycles. The molecule has 1 aromatic rings. The standard InChI is InChI=1S/C17H22N2O/c18-15-1-3-19(4-2-15)11-16(20)17-8-12-5-13(9-17)7-14(6-12)10-17/h1-4,12-14,18H,5-11H2/p+1. The number of hydrogen-bond acceptors (Lipinski definition) is 2. The quantitative estimate of drug-likeness (QED) is 0.858. The molecule has 0 aromatic carbocycles. The van der Waals surface area contributed by atoms with Crippen LogP contribution in [-0.2, 0) is 11.3 Å². The van der Waals surface area contributed by atoms with Crippen molar-refractivity contribution in [1.29, 1.82) is 0 Å². The highest BCUT2D eigenvalue weighted by Crippen LogP contribution is 2.60. The summed E-state index contributed by atoms with van der Waals surface area (Å²) in [5.74, 6) is 2.97. The van der Waals surface area contributed by atoms with Crippen LogP contribution in [0.25, 0.3) is 0 Å². The van der Waals surface area contributed by atoms with Crippen molar-refractivity contribution in [2.45, 2.75) is 45.1 Å². The minimum Gasteiger partial charge on any atom is -0.398 e. The van der Waals surface area contributed by atoms with E-state index < -0.39 is 0 Å². The van der Waals surface area contributed by atoms with E-state index in [0.717, 1.165) is 42.7 Å². The highest BCUT2D eigenvalue weighted by atomic mass is 16.1. The number of nitrogens with two attached hydrogens (primary N) is 1. The number of Topliss-reactive ketones (excluding diaryl/α,β-unsaturated/α-hetero) is 1. The first-order valence-electron chi connectivity index (χ1n) is 7.91. The van der Waals surface area contributed by atoms with Gasteiger partial charge in [-0.2, -0.15) is 4.57 Å². The molecular weight excluding hydrogens is 248 g/mol. The Balaban J connectivity index is 1.54. The van der Waals surface area contributed by atoms with Gasteiger partial charge in [-0.05, 0) is 56.3 Å². The Morgan fingerprint density at radius 1 is 1.10 bits per heavy atom. The number of hydrogen-bond donors (Lipinski definition) is 1. The van der Waals surface area contributed by atoms with Crippen LogP contribution in [0.5, 0.6) is 0 Å². The van der Waals surface area contributed by atoms with Crippen molar-refractivity contribution in [3.8, 4) is 0 Å². The molecule has 0 amide bonds. The second-order valence-electron chi connectivity index (χ2n) is 7.42. The highest BCUT2D eigenvalue weighted by molar-refractivity contribution is 5.84. The van der Waals surface area contributed by atoms with Crippen LogP contribution in [0.4, 0.5) is 5.69 Å². The van der Waals surface area contributed by atoms with Crippen LogP contribution in [0.2, 0.25) is 0 Å². The summed E-state index contributed by atoms with van der Waals surface area (Å²) in [7, 11) is 0. The molecule has 5 rings (SSSR count). The minimum absolute atomic E-state index is 0.0170. The van der Waals surface area contributed by atoms with Crippen LogP contribution >= 0.6 is 0 Å². The van der Waals surface area contributed by atoms with Gasteiger partial charge in [0, 0.05) is 23.2 Å². The second-order valence-corrected chi connectivity index (χ2v) is 7.42. The molecular formula is C17H23N2O+. The largest absolute Gasteiger partial charge is 0.398 e. The van der Waals surface area contributed by atoms with Crippen LogP contribution in [-0.4, -0.2) is 5.78 Å². The second kappa shape index (κ2) is 4.31. The molecule has 0 spiro atoms. The fourth-order valence-electron chi connectivity index (χ4n) is 5.36. The molecule has 4 aliphatic rings. The number of carbonyl (C=O) groups is 1. The van der Waals surface area contributed by atoms with Crippen LogP contribution < -0.4 is 10.3 Å². The first kappa shape index (κ1) is 12.4. The maximum absolute atomic E-state index is 12.9. The van der Waals surface area contributed by atoms with Gasteiger partial charge in [-0.25, -0.2) is 0 Å². The van der Waals surface area contributed by atoms with E-state index in [0.29, 0.717) is 12.3 Å². The zero-order valence-corrected chi connectivity index (χ0v) is 11.9. The van der Waals surface area contributed by atoms with Crippen LogP contribution in [0.1, 0.15) is 38.5 Å². The van der Waals surface area contributed by atoms with Gasteiger partial charge in [0.1, 0.15) is 0 Å². The molecule has 4 fully saturated rings. The molecule has 0 saturated heterocycles. The van der Waals surface area contributed by atoms with E-state index in [4.69, 9.17) is 5.73 Å². The van der Waals surface area contributed by atoms with Crippen LogP contribution in [0.15, 0.2) is 24.5 Å². The molecule has 0 aliphatic heterocycles. The molecule has 0 atom stereocenters. The van der Waals surface area contributed by atoms with Crippen molar-refractivity contribution >= 4 is 11.5 Å². The summed E-state index contributed by atoms with van der Waals surface area (Å²) in [5.41, 5.74) is 6.48. The maximum atomic E-state index is 12.9. The Morgan fingerprint density at radius 2 is 1.60 bits per heavy atom. The van der Waals surface area contributed by atoms with Crippen LogP contribution in [0.3, 0.4) is 0 Å².